The van der Waals surface area contributed by atoms with Crippen molar-refractivity contribution in [2.24, 2.45) is 0 Å². The van der Waals surface area contributed by atoms with Crippen LogP contribution in [0.5, 0.6) is 0 Å². The highest BCUT2D eigenvalue weighted by molar-refractivity contribution is 9.10. The zero-order chi connectivity index (χ0) is 20.1. The lowest BCUT2D eigenvalue weighted by Gasteiger charge is -2.06. The number of nitrogens with zero attached hydrogens (tertiary/aromatic N) is 1. The molecule has 1 N–H and O–H groups in total. The van der Waals surface area contributed by atoms with Crippen LogP contribution in [0.15, 0.2) is 93.1 Å². The van der Waals surface area contributed by atoms with Gasteiger partial charge in [0.2, 0.25) is 5.91 Å². The lowest BCUT2D eigenvalue weighted by atomic mass is 10.1. The van der Waals surface area contributed by atoms with Gasteiger partial charge in [-0.1, -0.05) is 82.3 Å². The van der Waals surface area contributed by atoms with Gasteiger partial charge in [0, 0.05) is 21.1 Å². The number of hydrogen-bond acceptors (Lipinski definition) is 4. The number of thioether (sulfide) groups is 1. The second-order valence-corrected chi connectivity index (χ2v) is 9.28. The summed E-state index contributed by atoms with van der Waals surface area (Å²) in [5, 5.41) is 4.97. The van der Waals surface area contributed by atoms with Gasteiger partial charge >= 0.3 is 0 Å². The Morgan fingerprint density at radius 3 is 2.28 bits per heavy atom. The van der Waals surface area contributed by atoms with E-state index in [1.807, 2.05) is 72.1 Å². The molecule has 4 aromatic rings. The van der Waals surface area contributed by atoms with Gasteiger partial charge in [0.25, 0.3) is 0 Å². The van der Waals surface area contributed by atoms with E-state index in [0.29, 0.717) is 5.75 Å². The molecule has 0 aliphatic rings. The third-order valence-corrected chi connectivity index (χ3v) is 6.78. The molecule has 4 rings (SSSR count). The number of hydrogen-bond donors (Lipinski definition) is 1. The van der Waals surface area contributed by atoms with Crippen molar-refractivity contribution in [3.8, 4) is 22.4 Å². The number of carbonyl (C=O) groups excluding carboxylic acids is 1. The summed E-state index contributed by atoms with van der Waals surface area (Å²) in [6, 6.07) is 26.1. The molecular formula is C23H17BrN2OS2. The van der Waals surface area contributed by atoms with Crippen molar-refractivity contribution < 1.29 is 4.79 Å². The maximum absolute atomic E-state index is 12.3. The molecule has 0 unspecified atom stereocenters. The Morgan fingerprint density at radius 1 is 0.897 bits per heavy atom. The predicted molar refractivity (Wildman–Crippen MR) is 126 cm³/mol. The smallest absolute Gasteiger partial charge is 0.234 e. The molecule has 0 bridgehead atoms. The Labute approximate surface area is 186 Å². The van der Waals surface area contributed by atoms with Gasteiger partial charge in [-0.05, 0) is 35.4 Å². The minimum absolute atomic E-state index is 0.0390. The maximum Gasteiger partial charge on any atom is 0.234 e. The first-order valence-electron chi connectivity index (χ1n) is 8.97. The second-order valence-electron chi connectivity index (χ2n) is 6.29. The number of amides is 1. The van der Waals surface area contributed by atoms with Gasteiger partial charge in [-0.25, -0.2) is 4.98 Å². The van der Waals surface area contributed by atoms with Crippen LogP contribution in [0.4, 0.5) is 5.69 Å². The van der Waals surface area contributed by atoms with Crippen LogP contribution < -0.4 is 5.32 Å². The number of anilines is 1. The van der Waals surface area contributed by atoms with Crippen LogP contribution in [0.2, 0.25) is 0 Å². The molecular weight excluding hydrogens is 464 g/mol. The third kappa shape index (κ3) is 5.35. The van der Waals surface area contributed by atoms with E-state index in [1.165, 1.54) is 11.8 Å². The van der Waals surface area contributed by atoms with E-state index in [4.69, 9.17) is 0 Å². The molecule has 0 radical (unpaired) electrons. The normalized spacial score (nSPS) is 10.7. The fraction of sp³-hybridized carbons (Fsp3) is 0.0435. The summed E-state index contributed by atoms with van der Waals surface area (Å²) >= 11 is 6.45. The van der Waals surface area contributed by atoms with E-state index in [0.717, 1.165) is 36.9 Å². The van der Waals surface area contributed by atoms with E-state index in [-0.39, 0.29) is 5.91 Å². The first-order chi connectivity index (χ1) is 14.2. The molecule has 3 aromatic carbocycles. The van der Waals surface area contributed by atoms with E-state index in [2.05, 4.69) is 38.4 Å². The van der Waals surface area contributed by atoms with Crippen LogP contribution >= 0.6 is 39.0 Å². The van der Waals surface area contributed by atoms with Crippen molar-refractivity contribution in [3.63, 3.8) is 0 Å². The zero-order valence-corrected chi connectivity index (χ0v) is 18.6. The molecule has 0 aliphatic carbocycles. The summed E-state index contributed by atoms with van der Waals surface area (Å²) in [6.45, 7) is 0. The molecule has 0 atom stereocenters. The molecule has 0 fully saturated rings. The summed E-state index contributed by atoms with van der Waals surface area (Å²) in [5.41, 5.74) is 5.08. The topological polar surface area (TPSA) is 42.0 Å². The van der Waals surface area contributed by atoms with E-state index >= 15 is 0 Å². The summed E-state index contributed by atoms with van der Waals surface area (Å²) in [5.74, 6) is 0.288. The Bertz CT molecular complexity index is 1090. The minimum atomic E-state index is -0.0390. The lowest BCUT2D eigenvalue weighted by Crippen LogP contribution is -2.13. The van der Waals surface area contributed by atoms with Crippen LogP contribution in [0, 0.1) is 0 Å². The van der Waals surface area contributed by atoms with Crippen molar-refractivity contribution in [1.82, 2.24) is 4.98 Å². The largest absolute Gasteiger partial charge is 0.325 e. The first-order valence-corrected chi connectivity index (χ1v) is 11.6. The Hall–Kier alpha value is -2.41. The molecule has 6 heteroatoms. The van der Waals surface area contributed by atoms with Crippen LogP contribution in [0.3, 0.4) is 0 Å². The third-order valence-electron chi connectivity index (χ3n) is 4.23. The van der Waals surface area contributed by atoms with Gasteiger partial charge in [-0.3, -0.25) is 4.79 Å². The standard InChI is InChI=1S/C23H17BrN2OS2/c24-19-10-6-18(7-11-19)21-14-28-23(26-21)29-15-22(27)25-20-12-8-17(9-13-20)16-4-2-1-3-5-16/h1-14H,15H2,(H,25,27). The van der Waals surface area contributed by atoms with Gasteiger partial charge in [0.1, 0.15) is 0 Å². The van der Waals surface area contributed by atoms with Gasteiger partial charge in [-0.15, -0.1) is 11.3 Å². The number of aromatic nitrogens is 1. The fourth-order valence-electron chi connectivity index (χ4n) is 2.78. The molecule has 0 spiro atoms. The number of halogens is 1. The molecule has 3 nitrogen and oxygen atoms in total. The monoisotopic (exact) mass is 480 g/mol. The van der Waals surface area contributed by atoms with Crippen molar-refractivity contribution in [3.05, 3.63) is 88.7 Å². The Morgan fingerprint density at radius 2 is 1.55 bits per heavy atom. The van der Waals surface area contributed by atoms with Crippen LogP contribution in [0.25, 0.3) is 22.4 Å². The zero-order valence-electron chi connectivity index (χ0n) is 15.3. The van der Waals surface area contributed by atoms with E-state index < -0.39 is 0 Å². The lowest BCUT2D eigenvalue weighted by molar-refractivity contribution is -0.113. The van der Waals surface area contributed by atoms with Gasteiger partial charge in [0.15, 0.2) is 4.34 Å². The highest BCUT2D eigenvalue weighted by Crippen LogP contribution is 2.29. The molecule has 1 amide bonds. The number of rotatable bonds is 6. The maximum atomic E-state index is 12.3. The molecule has 1 aromatic heterocycles. The molecule has 29 heavy (non-hydrogen) atoms. The SMILES string of the molecule is O=C(CSc1nc(-c2ccc(Br)cc2)cs1)Nc1ccc(-c2ccccc2)cc1. The van der Waals surface area contributed by atoms with Gasteiger partial charge in [-0.2, -0.15) is 0 Å². The number of nitrogens with one attached hydrogen (secondary N) is 1. The average Bonchev–Trinajstić information content (AvgIpc) is 3.23. The predicted octanol–water partition coefficient (Wildman–Crippen LogP) is 6.97. The number of benzene rings is 3. The van der Waals surface area contributed by atoms with Gasteiger partial charge < -0.3 is 5.32 Å². The van der Waals surface area contributed by atoms with Crippen molar-refractivity contribution in [2.45, 2.75) is 4.34 Å². The van der Waals surface area contributed by atoms with Crippen molar-refractivity contribution in [1.29, 1.82) is 0 Å². The van der Waals surface area contributed by atoms with Crippen molar-refractivity contribution >= 4 is 50.6 Å². The van der Waals surface area contributed by atoms with Crippen LogP contribution in [-0.4, -0.2) is 16.6 Å². The minimum Gasteiger partial charge on any atom is -0.325 e. The molecule has 1 heterocycles. The van der Waals surface area contributed by atoms with Gasteiger partial charge in [0.05, 0.1) is 11.4 Å². The van der Waals surface area contributed by atoms with E-state index in [1.54, 1.807) is 11.3 Å². The molecule has 0 aliphatic heterocycles. The Kier molecular flexibility index (Phi) is 6.44. The quantitative estimate of drug-likeness (QED) is 0.303. The number of carbonyl (C=O) groups is 1. The highest BCUT2D eigenvalue weighted by atomic mass is 79.9. The van der Waals surface area contributed by atoms with Crippen LogP contribution in [-0.2, 0) is 4.79 Å². The molecule has 0 saturated heterocycles. The van der Waals surface area contributed by atoms with Crippen LogP contribution in [0.1, 0.15) is 0 Å². The highest BCUT2D eigenvalue weighted by Gasteiger charge is 2.09. The summed E-state index contributed by atoms with van der Waals surface area (Å²) in [7, 11) is 0. The summed E-state index contributed by atoms with van der Waals surface area (Å²) < 4.78 is 1.93. The number of thiazole rings is 1. The summed E-state index contributed by atoms with van der Waals surface area (Å²) in [6.07, 6.45) is 0. The van der Waals surface area contributed by atoms with Crippen molar-refractivity contribution in [2.75, 3.05) is 11.1 Å². The second kappa shape index (κ2) is 9.39. The fourth-order valence-corrected chi connectivity index (χ4v) is 4.68. The summed E-state index contributed by atoms with van der Waals surface area (Å²) in [4.78, 5) is 16.9. The first kappa shape index (κ1) is 19.9. The average molecular weight is 481 g/mol. The van der Waals surface area contributed by atoms with E-state index in [9.17, 15) is 4.79 Å². The molecule has 0 saturated carbocycles. The Balaban J connectivity index is 1.32. The molecule has 144 valence electrons.